The number of nitrogens with zero attached hydrogens (tertiary/aromatic N) is 1. The van der Waals surface area contributed by atoms with Crippen molar-refractivity contribution in [2.24, 2.45) is 10.7 Å². The first-order valence-electron chi connectivity index (χ1n) is 6.30. The van der Waals surface area contributed by atoms with E-state index >= 15 is 0 Å². The number of rotatable bonds is 2. The predicted molar refractivity (Wildman–Crippen MR) is 80.3 cm³/mol. The first kappa shape index (κ1) is 13.8. The average molecular weight is 302 g/mol. The summed E-state index contributed by atoms with van der Waals surface area (Å²) in [6.45, 7) is 0. The predicted octanol–water partition coefficient (Wildman–Crippen LogP) is 1.33. The second kappa shape index (κ2) is 4.41. The van der Waals surface area contributed by atoms with Crippen LogP contribution in [0.2, 0.25) is 0 Å². The molecule has 3 rings (SSSR count). The van der Waals surface area contributed by atoms with Gasteiger partial charge in [-0.25, -0.2) is 13.4 Å². The minimum atomic E-state index is -3.38. The van der Waals surface area contributed by atoms with Crippen molar-refractivity contribution in [3.8, 4) is 0 Å². The number of aliphatic hydroxyl groups is 1. The zero-order valence-electron chi connectivity index (χ0n) is 11.3. The molecule has 1 heterocycles. The number of hydrogen-bond acceptors (Lipinski definition) is 5. The van der Waals surface area contributed by atoms with Crippen molar-refractivity contribution in [1.82, 2.24) is 0 Å². The summed E-state index contributed by atoms with van der Waals surface area (Å²) in [7, 11) is -3.38. The van der Waals surface area contributed by atoms with Gasteiger partial charge in [0.25, 0.3) is 0 Å². The van der Waals surface area contributed by atoms with E-state index < -0.39 is 15.4 Å². The van der Waals surface area contributed by atoms with Crippen molar-refractivity contribution in [3.05, 3.63) is 59.7 Å². The van der Waals surface area contributed by atoms with Crippen molar-refractivity contribution >= 4 is 21.4 Å². The molecule has 0 saturated carbocycles. The van der Waals surface area contributed by atoms with E-state index in [1.165, 1.54) is 12.1 Å². The van der Waals surface area contributed by atoms with Crippen LogP contribution in [-0.2, 0) is 15.4 Å². The number of amidine groups is 1. The molecule has 0 spiro atoms. The maximum absolute atomic E-state index is 11.7. The Kier molecular flexibility index (Phi) is 2.89. The lowest BCUT2D eigenvalue weighted by Crippen LogP contribution is -2.39. The number of sulfone groups is 1. The van der Waals surface area contributed by atoms with E-state index in [1.807, 2.05) is 6.07 Å². The van der Waals surface area contributed by atoms with Crippen LogP contribution in [0.5, 0.6) is 0 Å². The summed E-state index contributed by atoms with van der Waals surface area (Å²) in [6.07, 6.45) is 1.12. The third-order valence-electron chi connectivity index (χ3n) is 3.59. The summed E-state index contributed by atoms with van der Waals surface area (Å²) < 4.78 is 23.4. The highest BCUT2D eigenvalue weighted by molar-refractivity contribution is 7.90. The lowest BCUT2D eigenvalue weighted by molar-refractivity contribution is 0.158. The van der Waals surface area contributed by atoms with Crippen LogP contribution in [-0.4, -0.2) is 25.6 Å². The Labute approximate surface area is 122 Å². The molecule has 2 aromatic rings. The van der Waals surface area contributed by atoms with Crippen LogP contribution < -0.4 is 5.73 Å². The van der Waals surface area contributed by atoms with E-state index in [0.29, 0.717) is 16.8 Å². The van der Waals surface area contributed by atoms with Gasteiger partial charge in [0.05, 0.1) is 10.6 Å². The van der Waals surface area contributed by atoms with Crippen LogP contribution in [0, 0.1) is 0 Å². The van der Waals surface area contributed by atoms with E-state index in [1.54, 1.807) is 30.3 Å². The molecule has 1 aliphatic rings. The molecule has 0 amide bonds. The largest absolute Gasteiger partial charge is 0.384 e. The monoisotopic (exact) mass is 302 g/mol. The van der Waals surface area contributed by atoms with Crippen LogP contribution in [0.1, 0.15) is 11.1 Å². The molecule has 0 aromatic heterocycles. The highest BCUT2D eigenvalue weighted by atomic mass is 32.2. The maximum atomic E-state index is 11.7. The number of benzene rings is 2. The Hall–Kier alpha value is -2.18. The molecular formula is C15H14N2O3S. The highest BCUT2D eigenvalue weighted by Crippen LogP contribution is 2.42. The van der Waals surface area contributed by atoms with Crippen molar-refractivity contribution in [1.29, 1.82) is 0 Å². The van der Waals surface area contributed by atoms with Crippen molar-refractivity contribution in [2.75, 3.05) is 6.26 Å². The lowest BCUT2D eigenvalue weighted by atomic mass is 9.86. The molecule has 0 saturated heterocycles. The SMILES string of the molecule is CS(=O)(=O)c1ccc2c(c1)C(O)(c1ccccc1)C(N)=N2. The summed E-state index contributed by atoms with van der Waals surface area (Å²) >= 11 is 0. The van der Waals surface area contributed by atoms with Crippen molar-refractivity contribution in [2.45, 2.75) is 10.5 Å². The van der Waals surface area contributed by atoms with Gasteiger partial charge in [-0.1, -0.05) is 30.3 Å². The van der Waals surface area contributed by atoms with E-state index in [-0.39, 0.29) is 10.7 Å². The standard InChI is InChI=1S/C15H14N2O3S/c1-21(19,20)11-7-8-13-12(9-11)15(18,14(16)17-13)10-5-3-2-4-6-10/h2-9,18H,1H3,(H2,16,17). The van der Waals surface area contributed by atoms with Gasteiger partial charge in [-0.15, -0.1) is 0 Å². The van der Waals surface area contributed by atoms with Gasteiger partial charge < -0.3 is 10.8 Å². The molecule has 0 radical (unpaired) electrons. The third kappa shape index (κ3) is 2.03. The van der Waals surface area contributed by atoms with Gasteiger partial charge in [-0.3, -0.25) is 0 Å². The van der Waals surface area contributed by atoms with Crippen LogP contribution in [0.4, 0.5) is 5.69 Å². The molecule has 1 aliphatic heterocycles. The van der Waals surface area contributed by atoms with Crippen LogP contribution in [0.15, 0.2) is 58.4 Å². The Morgan fingerprint density at radius 3 is 2.43 bits per heavy atom. The zero-order valence-corrected chi connectivity index (χ0v) is 12.1. The molecular weight excluding hydrogens is 288 g/mol. The fourth-order valence-corrected chi connectivity index (χ4v) is 3.11. The molecule has 0 fully saturated rings. The molecule has 1 unspecified atom stereocenters. The van der Waals surface area contributed by atoms with Crippen LogP contribution in [0.3, 0.4) is 0 Å². The first-order valence-corrected chi connectivity index (χ1v) is 8.20. The normalized spacial score (nSPS) is 21.0. The van der Waals surface area contributed by atoms with Gasteiger partial charge in [-0.2, -0.15) is 0 Å². The quantitative estimate of drug-likeness (QED) is 0.875. The summed E-state index contributed by atoms with van der Waals surface area (Å²) in [6, 6.07) is 13.3. The van der Waals surface area contributed by atoms with E-state index in [0.717, 1.165) is 6.26 Å². The Morgan fingerprint density at radius 2 is 1.81 bits per heavy atom. The topological polar surface area (TPSA) is 92.8 Å². The first-order chi connectivity index (χ1) is 9.83. The summed E-state index contributed by atoms with van der Waals surface area (Å²) in [4.78, 5) is 4.28. The average Bonchev–Trinajstić information content (AvgIpc) is 2.71. The molecule has 6 heteroatoms. The molecule has 21 heavy (non-hydrogen) atoms. The molecule has 3 N–H and O–H groups in total. The van der Waals surface area contributed by atoms with E-state index in [9.17, 15) is 13.5 Å². The fraction of sp³-hybridized carbons (Fsp3) is 0.133. The fourth-order valence-electron chi connectivity index (χ4n) is 2.46. The second-order valence-electron chi connectivity index (χ2n) is 5.02. The Morgan fingerprint density at radius 1 is 1.14 bits per heavy atom. The van der Waals surface area contributed by atoms with Crippen molar-refractivity contribution < 1.29 is 13.5 Å². The van der Waals surface area contributed by atoms with Crippen LogP contribution in [0.25, 0.3) is 0 Å². The maximum Gasteiger partial charge on any atom is 0.175 e. The number of fused-ring (bicyclic) bond motifs is 1. The second-order valence-corrected chi connectivity index (χ2v) is 7.04. The molecule has 5 nitrogen and oxygen atoms in total. The Balaban J connectivity index is 2.26. The highest BCUT2D eigenvalue weighted by Gasteiger charge is 2.42. The zero-order chi connectivity index (χ0) is 15.3. The summed E-state index contributed by atoms with van der Waals surface area (Å²) in [5.41, 5.74) is 5.72. The molecule has 2 aromatic carbocycles. The van der Waals surface area contributed by atoms with Gasteiger partial charge in [0.2, 0.25) is 0 Å². The van der Waals surface area contributed by atoms with Gasteiger partial charge >= 0.3 is 0 Å². The van der Waals surface area contributed by atoms with Crippen molar-refractivity contribution in [3.63, 3.8) is 0 Å². The lowest BCUT2D eigenvalue weighted by Gasteiger charge is -2.24. The molecule has 0 aliphatic carbocycles. The molecule has 0 bridgehead atoms. The van der Waals surface area contributed by atoms with Gasteiger partial charge in [0.15, 0.2) is 15.4 Å². The van der Waals surface area contributed by atoms with Gasteiger partial charge in [0.1, 0.15) is 5.84 Å². The number of hydrogen-bond donors (Lipinski definition) is 2. The molecule has 108 valence electrons. The summed E-state index contributed by atoms with van der Waals surface area (Å²) in [5.74, 6) is 0.0364. The van der Waals surface area contributed by atoms with Crippen LogP contribution >= 0.6 is 0 Å². The number of nitrogens with two attached hydrogens (primary N) is 1. The minimum absolute atomic E-state index is 0.0364. The smallest absolute Gasteiger partial charge is 0.175 e. The third-order valence-corrected chi connectivity index (χ3v) is 4.70. The van der Waals surface area contributed by atoms with E-state index in [2.05, 4.69) is 4.99 Å². The Bertz CT molecular complexity index is 844. The summed E-state index contributed by atoms with van der Waals surface area (Å²) in [5, 5.41) is 11.0. The van der Waals surface area contributed by atoms with Gasteiger partial charge in [-0.05, 0) is 23.8 Å². The number of aliphatic imine (C=N–C) groups is 1. The van der Waals surface area contributed by atoms with Gasteiger partial charge in [0, 0.05) is 11.8 Å². The minimum Gasteiger partial charge on any atom is -0.384 e. The molecule has 1 atom stereocenters. The van der Waals surface area contributed by atoms with E-state index in [4.69, 9.17) is 5.73 Å².